The van der Waals surface area contributed by atoms with Crippen molar-refractivity contribution in [3.63, 3.8) is 0 Å². The van der Waals surface area contributed by atoms with Gasteiger partial charge in [0.1, 0.15) is 0 Å². The van der Waals surface area contributed by atoms with E-state index in [9.17, 15) is 0 Å². The Labute approximate surface area is 89.5 Å². The molecule has 0 amide bonds. The predicted octanol–water partition coefficient (Wildman–Crippen LogP) is 1.23. The highest BCUT2D eigenvalue weighted by atomic mass is 15.6. The topological polar surface area (TPSA) is 104 Å². The Morgan fingerprint density at radius 3 is 2.38 bits per heavy atom. The maximum atomic E-state index is 3.99. The van der Waals surface area contributed by atoms with Crippen LogP contribution in [0.25, 0.3) is 0 Å². The number of aromatic nitrogens is 4. The van der Waals surface area contributed by atoms with Gasteiger partial charge in [0.2, 0.25) is 5.82 Å². The largest absolute Gasteiger partial charge is 0.282 e. The van der Waals surface area contributed by atoms with E-state index < -0.39 is 5.66 Å². The van der Waals surface area contributed by atoms with E-state index in [2.05, 4.69) is 41.3 Å². The lowest BCUT2D eigenvalue weighted by Crippen LogP contribution is -2.22. The Kier molecular flexibility index (Phi) is 1.79. The average Bonchev–Trinajstić information content (AvgIpc) is 3.02. The summed E-state index contributed by atoms with van der Waals surface area (Å²) in [7, 11) is 0. The quantitative estimate of drug-likeness (QED) is 0.812. The second kappa shape index (κ2) is 3.26. The van der Waals surface area contributed by atoms with Gasteiger partial charge in [0.25, 0.3) is 5.66 Å². The first-order valence-electron chi connectivity index (χ1n) is 4.55. The Morgan fingerprint density at radius 1 is 1.00 bits per heavy atom. The third-order valence-corrected chi connectivity index (χ3v) is 2.25. The van der Waals surface area contributed by atoms with E-state index in [0.717, 1.165) is 5.56 Å². The van der Waals surface area contributed by atoms with E-state index >= 15 is 0 Å². The van der Waals surface area contributed by atoms with Gasteiger partial charge in [-0.15, -0.1) is 20.4 Å². The molecule has 0 fully saturated rings. The Hall–Kier alpha value is -2.51. The summed E-state index contributed by atoms with van der Waals surface area (Å²) in [6.45, 7) is 0. The van der Waals surface area contributed by atoms with E-state index in [1.807, 2.05) is 30.3 Å². The number of rotatable bonds is 2. The summed E-state index contributed by atoms with van der Waals surface area (Å²) in [5, 5.41) is 28.7. The molecule has 0 aliphatic carbocycles. The minimum Gasteiger partial charge on any atom is -0.177 e. The summed E-state index contributed by atoms with van der Waals surface area (Å²) in [5.74, 6) is 0.323. The van der Waals surface area contributed by atoms with Gasteiger partial charge in [0, 0.05) is 5.56 Å². The molecule has 0 bridgehead atoms. The molecule has 1 N–H and O–H groups in total. The van der Waals surface area contributed by atoms with Crippen molar-refractivity contribution in [2.24, 2.45) is 20.7 Å². The molecule has 8 nitrogen and oxygen atoms in total. The van der Waals surface area contributed by atoms with Crippen molar-refractivity contribution < 1.29 is 0 Å². The van der Waals surface area contributed by atoms with Crippen molar-refractivity contribution in [1.29, 1.82) is 0 Å². The van der Waals surface area contributed by atoms with Gasteiger partial charge in [-0.2, -0.15) is 5.21 Å². The number of nitrogens with one attached hydrogen (secondary N) is 1. The van der Waals surface area contributed by atoms with Crippen molar-refractivity contribution >= 4 is 0 Å². The molecule has 8 heteroatoms. The second-order valence-electron chi connectivity index (χ2n) is 3.15. The second-order valence-corrected chi connectivity index (χ2v) is 3.15. The minimum absolute atomic E-state index is 0.323. The van der Waals surface area contributed by atoms with Crippen LogP contribution in [0.4, 0.5) is 0 Å². The molecule has 0 radical (unpaired) electrons. The van der Waals surface area contributed by atoms with Crippen molar-refractivity contribution in [3.8, 4) is 0 Å². The molecule has 16 heavy (non-hydrogen) atoms. The molecule has 0 unspecified atom stereocenters. The molecule has 0 saturated carbocycles. The summed E-state index contributed by atoms with van der Waals surface area (Å²) in [6.07, 6.45) is 0. The van der Waals surface area contributed by atoms with Gasteiger partial charge in [0.05, 0.1) is 0 Å². The Morgan fingerprint density at radius 2 is 1.75 bits per heavy atom. The number of hydrogen-bond acceptors (Lipinski definition) is 7. The lowest BCUT2D eigenvalue weighted by Gasteiger charge is -2.15. The van der Waals surface area contributed by atoms with Crippen molar-refractivity contribution in [2.45, 2.75) is 5.66 Å². The van der Waals surface area contributed by atoms with Crippen LogP contribution >= 0.6 is 0 Å². The number of H-pyrrole nitrogens is 1. The molecule has 1 aromatic carbocycles. The lowest BCUT2D eigenvalue weighted by molar-refractivity contribution is 0.526. The third kappa shape index (κ3) is 1.13. The smallest absolute Gasteiger partial charge is 0.177 e. The van der Waals surface area contributed by atoms with Crippen LogP contribution in [0.1, 0.15) is 11.4 Å². The van der Waals surface area contributed by atoms with Gasteiger partial charge in [-0.3, -0.25) is 0 Å². The van der Waals surface area contributed by atoms with Gasteiger partial charge < -0.3 is 0 Å². The van der Waals surface area contributed by atoms with Crippen LogP contribution in [0.3, 0.4) is 0 Å². The molecular formula is C8H6N8. The van der Waals surface area contributed by atoms with Crippen LogP contribution in [0.2, 0.25) is 0 Å². The highest BCUT2D eigenvalue weighted by Gasteiger charge is 2.42. The van der Waals surface area contributed by atoms with Crippen LogP contribution in [0, 0.1) is 0 Å². The predicted molar refractivity (Wildman–Crippen MR) is 51.1 cm³/mol. The molecule has 0 spiro atoms. The van der Waals surface area contributed by atoms with Crippen LogP contribution in [-0.2, 0) is 5.66 Å². The summed E-state index contributed by atoms with van der Waals surface area (Å²) in [5.41, 5.74) is -0.296. The molecule has 3 rings (SSSR count). The Balaban J connectivity index is 2.19. The van der Waals surface area contributed by atoms with Crippen LogP contribution < -0.4 is 0 Å². The van der Waals surface area contributed by atoms with E-state index in [1.165, 1.54) is 0 Å². The molecule has 0 atom stereocenters. The first kappa shape index (κ1) is 8.77. The zero-order chi connectivity index (χ0) is 10.8. The van der Waals surface area contributed by atoms with Crippen LogP contribution in [-0.4, -0.2) is 20.6 Å². The molecule has 2 aromatic rings. The van der Waals surface area contributed by atoms with E-state index in [4.69, 9.17) is 0 Å². The number of tetrazole rings is 1. The molecule has 78 valence electrons. The standard InChI is InChI=1S/C8H6N8/c1-2-4-6(5-3-1)8(11-15-16-12-8)7-9-13-14-10-7/h1-5H,(H,9,10,13,14). The first-order chi connectivity index (χ1) is 7.92. The minimum atomic E-state index is -1.09. The number of nitrogens with zero attached hydrogens (tertiary/aromatic N) is 7. The third-order valence-electron chi connectivity index (χ3n) is 2.25. The normalized spacial score (nSPS) is 16.8. The van der Waals surface area contributed by atoms with Crippen molar-refractivity contribution in [1.82, 2.24) is 20.6 Å². The molecule has 1 aliphatic heterocycles. The Bertz CT molecular complexity index is 516. The van der Waals surface area contributed by atoms with Gasteiger partial charge in [0.15, 0.2) is 0 Å². The molecule has 1 aliphatic rings. The fourth-order valence-corrected chi connectivity index (χ4v) is 1.50. The van der Waals surface area contributed by atoms with Gasteiger partial charge in [-0.1, -0.05) is 30.3 Å². The lowest BCUT2D eigenvalue weighted by atomic mass is 10.0. The fraction of sp³-hybridized carbons (Fsp3) is 0.125. The SMILES string of the molecule is c1ccc(C2(c3nn[nH]n3)N=NN=N2)cc1. The van der Waals surface area contributed by atoms with E-state index in [-0.39, 0.29) is 0 Å². The number of benzene rings is 1. The highest BCUT2D eigenvalue weighted by molar-refractivity contribution is 5.30. The highest BCUT2D eigenvalue weighted by Crippen LogP contribution is 2.36. The van der Waals surface area contributed by atoms with E-state index in [1.54, 1.807) is 0 Å². The van der Waals surface area contributed by atoms with Crippen molar-refractivity contribution in [2.75, 3.05) is 0 Å². The number of hydrogen-bond donors (Lipinski definition) is 1. The first-order valence-corrected chi connectivity index (χ1v) is 4.55. The molecular weight excluding hydrogens is 208 g/mol. The van der Waals surface area contributed by atoms with E-state index in [0.29, 0.717) is 5.82 Å². The van der Waals surface area contributed by atoms with Gasteiger partial charge in [-0.05, 0) is 15.7 Å². The van der Waals surface area contributed by atoms with Gasteiger partial charge >= 0.3 is 0 Å². The fourth-order valence-electron chi connectivity index (χ4n) is 1.50. The molecule has 1 aromatic heterocycles. The van der Waals surface area contributed by atoms with Crippen molar-refractivity contribution in [3.05, 3.63) is 41.7 Å². The summed E-state index contributed by atoms with van der Waals surface area (Å²) >= 11 is 0. The van der Waals surface area contributed by atoms with Crippen LogP contribution in [0.5, 0.6) is 0 Å². The molecule has 0 saturated heterocycles. The average molecular weight is 214 g/mol. The summed E-state index contributed by atoms with van der Waals surface area (Å²) in [6, 6.07) is 9.37. The zero-order valence-corrected chi connectivity index (χ0v) is 8.02. The zero-order valence-electron chi connectivity index (χ0n) is 8.02. The van der Waals surface area contributed by atoms with Crippen LogP contribution in [0.15, 0.2) is 51.0 Å². The molecule has 2 heterocycles. The maximum Gasteiger partial charge on any atom is 0.282 e. The summed E-state index contributed by atoms with van der Waals surface area (Å²) < 4.78 is 0. The van der Waals surface area contributed by atoms with Gasteiger partial charge in [-0.25, -0.2) is 0 Å². The maximum absolute atomic E-state index is 3.99. The summed E-state index contributed by atoms with van der Waals surface area (Å²) in [4.78, 5) is 0. The number of aromatic amines is 1. The monoisotopic (exact) mass is 214 g/mol.